The maximum Gasteiger partial charge on any atom is 0.319 e. The summed E-state index contributed by atoms with van der Waals surface area (Å²) in [6, 6.07) is 6.76. The van der Waals surface area contributed by atoms with Crippen LogP contribution in [0.5, 0.6) is 0 Å². The normalized spacial score (nSPS) is 18.5. The van der Waals surface area contributed by atoms with Crippen molar-refractivity contribution in [2.24, 2.45) is 0 Å². The molecule has 3 heteroatoms. The number of carbonyl (C=O) groups is 1. The van der Waals surface area contributed by atoms with Gasteiger partial charge < -0.3 is 10.6 Å². The van der Waals surface area contributed by atoms with Gasteiger partial charge in [0, 0.05) is 6.20 Å². The number of amides is 2. The minimum absolute atomic E-state index is 0.0852. The highest BCUT2D eigenvalue weighted by molar-refractivity contribution is 5.75. The first-order chi connectivity index (χ1) is 11.8. The summed E-state index contributed by atoms with van der Waals surface area (Å²) in [5, 5.41) is 6.07. The van der Waals surface area contributed by atoms with Crippen LogP contribution >= 0.6 is 0 Å². The first-order valence-corrected chi connectivity index (χ1v) is 9.63. The predicted octanol–water partition coefficient (Wildman–Crippen LogP) is 5.16. The van der Waals surface area contributed by atoms with Crippen LogP contribution in [-0.2, 0) is 12.8 Å². The molecule has 1 aromatic carbocycles. The van der Waals surface area contributed by atoms with E-state index in [0.717, 1.165) is 19.3 Å². The fourth-order valence-electron chi connectivity index (χ4n) is 3.91. The van der Waals surface area contributed by atoms with E-state index in [9.17, 15) is 4.79 Å². The molecule has 3 nitrogen and oxygen atoms in total. The predicted molar refractivity (Wildman–Crippen MR) is 99.0 cm³/mol. The number of aryl methyl sites for hydroxylation is 2. The zero-order valence-corrected chi connectivity index (χ0v) is 14.9. The van der Waals surface area contributed by atoms with Gasteiger partial charge in [-0.3, -0.25) is 0 Å². The molecule has 2 amide bonds. The first-order valence-electron chi connectivity index (χ1n) is 9.63. The number of hydrogen-bond acceptors (Lipinski definition) is 1. The number of benzene rings is 1. The molecule has 1 aromatic rings. The smallest absolute Gasteiger partial charge is 0.319 e. The van der Waals surface area contributed by atoms with Gasteiger partial charge in [0.15, 0.2) is 0 Å². The fourth-order valence-corrected chi connectivity index (χ4v) is 3.91. The number of nitrogens with one attached hydrogen (secondary N) is 2. The van der Waals surface area contributed by atoms with Crippen LogP contribution in [0.3, 0.4) is 0 Å². The van der Waals surface area contributed by atoms with Crippen molar-refractivity contribution in [1.29, 1.82) is 0 Å². The lowest BCUT2D eigenvalue weighted by Gasteiger charge is -2.22. The largest absolute Gasteiger partial charge is 0.331 e. The summed E-state index contributed by atoms with van der Waals surface area (Å²) < 4.78 is 0. The van der Waals surface area contributed by atoms with Gasteiger partial charge in [0.1, 0.15) is 0 Å². The lowest BCUT2D eigenvalue weighted by molar-refractivity contribution is 0.240. The molecule has 2 N–H and O–H groups in total. The van der Waals surface area contributed by atoms with Crippen molar-refractivity contribution in [2.45, 2.75) is 77.2 Å². The monoisotopic (exact) mass is 326 g/mol. The number of rotatable bonds is 4. The molecule has 0 aromatic heterocycles. The molecule has 1 atom stereocenters. The average molecular weight is 326 g/mol. The summed E-state index contributed by atoms with van der Waals surface area (Å²) in [6.07, 6.45) is 13.9. The summed E-state index contributed by atoms with van der Waals surface area (Å²) in [5.41, 5.74) is 5.58. The van der Waals surface area contributed by atoms with E-state index in [1.807, 2.05) is 6.20 Å². The average Bonchev–Trinajstić information content (AvgIpc) is 2.65. The van der Waals surface area contributed by atoms with Gasteiger partial charge in [-0.15, -0.1) is 0 Å². The van der Waals surface area contributed by atoms with Crippen molar-refractivity contribution in [3.63, 3.8) is 0 Å². The van der Waals surface area contributed by atoms with Gasteiger partial charge >= 0.3 is 6.03 Å². The van der Waals surface area contributed by atoms with Crippen LogP contribution in [0.4, 0.5) is 4.79 Å². The number of carbonyl (C=O) groups excluding carboxylic acids is 1. The van der Waals surface area contributed by atoms with Crippen molar-refractivity contribution in [2.75, 3.05) is 0 Å². The molecule has 130 valence electrons. The molecule has 3 rings (SSSR count). The highest BCUT2D eigenvalue weighted by Gasteiger charge is 2.16. The lowest BCUT2D eigenvalue weighted by Crippen LogP contribution is -2.35. The Labute approximate surface area is 145 Å². The van der Waals surface area contributed by atoms with Crippen LogP contribution < -0.4 is 10.6 Å². The van der Waals surface area contributed by atoms with E-state index in [0.29, 0.717) is 0 Å². The molecule has 0 aliphatic heterocycles. The third-order valence-electron chi connectivity index (χ3n) is 5.39. The topological polar surface area (TPSA) is 41.1 Å². The third kappa shape index (κ3) is 4.40. The van der Waals surface area contributed by atoms with Crippen LogP contribution in [0.15, 0.2) is 30.0 Å². The molecule has 0 heterocycles. The van der Waals surface area contributed by atoms with Gasteiger partial charge in [0.2, 0.25) is 0 Å². The van der Waals surface area contributed by atoms with Crippen LogP contribution in [0.2, 0.25) is 0 Å². The molecule has 1 fully saturated rings. The second-order valence-electron chi connectivity index (χ2n) is 7.18. The van der Waals surface area contributed by atoms with Crippen LogP contribution in [0, 0.1) is 0 Å². The molecule has 0 spiro atoms. The van der Waals surface area contributed by atoms with Gasteiger partial charge in [-0.25, -0.2) is 4.79 Å². The number of urea groups is 1. The van der Waals surface area contributed by atoms with E-state index in [4.69, 9.17) is 0 Å². The summed E-state index contributed by atoms with van der Waals surface area (Å²) in [7, 11) is 0. The number of hydrogen-bond donors (Lipinski definition) is 2. The van der Waals surface area contributed by atoms with Gasteiger partial charge in [-0.1, -0.05) is 37.1 Å². The molecular weight excluding hydrogens is 296 g/mol. The Bertz CT molecular complexity index is 598. The molecule has 0 bridgehead atoms. The minimum Gasteiger partial charge on any atom is -0.331 e. The molecular formula is C21H30N2O. The Morgan fingerprint density at radius 1 is 1.04 bits per heavy atom. The van der Waals surface area contributed by atoms with Crippen LogP contribution in [0.1, 0.15) is 81.0 Å². The molecule has 1 saturated carbocycles. The Morgan fingerprint density at radius 3 is 2.50 bits per heavy atom. The van der Waals surface area contributed by atoms with Crippen molar-refractivity contribution in [3.05, 3.63) is 46.7 Å². The number of allylic oxidation sites excluding steroid dienone is 1. The standard InChI is InChI=1S/C21H30N2O/c1-2-20(19-13-12-17-10-6-7-11-18(17)14-19)23-21(24)22-15-16-8-4-3-5-9-16/h12-15,20H,2-11H2,1H3,(H2,22,23,24). The van der Waals surface area contributed by atoms with Gasteiger partial charge in [-0.2, -0.15) is 0 Å². The van der Waals surface area contributed by atoms with E-state index < -0.39 is 0 Å². The van der Waals surface area contributed by atoms with E-state index in [1.165, 1.54) is 67.2 Å². The molecule has 2 aliphatic carbocycles. The highest BCUT2D eigenvalue weighted by Crippen LogP contribution is 2.26. The van der Waals surface area contributed by atoms with Crippen molar-refractivity contribution >= 4 is 6.03 Å². The maximum atomic E-state index is 12.3. The zero-order valence-electron chi connectivity index (χ0n) is 14.9. The van der Waals surface area contributed by atoms with Crippen LogP contribution in [0.25, 0.3) is 0 Å². The number of fused-ring (bicyclic) bond motifs is 1. The maximum absolute atomic E-state index is 12.3. The summed E-state index contributed by atoms with van der Waals surface area (Å²) in [4.78, 5) is 12.3. The van der Waals surface area contributed by atoms with E-state index in [2.05, 4.69) is 35.8 Å². The van der Waals surface area contributed by atoms with Gasteiger partial charge in [0.25, 0.3) is 0 Å². The Hall–Kier alpha value is -1.77. The second-order valence-corrected chi connectivity index (χ2v) is 7.18. The summed E-state index contributed by atoms with van der Waals surface area (Å²) >= 11 is 0. The SMILES string of the molecule is CCC(NC(=O)NC=C1CCCCC1)c1ccc2c(c1)CCCC2. The van der Waals surface area contributed by atoms with E-state index in [-0.39, 0.29) is 12.1 Å². The summed E-state index contributed by atoms with van der Waals surface area (Å²) in [5.74, 6) is 0. The van der Waals surface area contributed by atoms with E-state index >= 15 is 0 Å². The summed E-state index contributed by atoms with van der Waals surface area (Å²) in [6.45, 7) is 2.13. The third-order valence-corrected chi connectivity index (χ3v) is 5.39. The van der Waals surface area contributed by atoms with Gasteiger partial charge in [0.05, 0.1) is 6.04 Å². The molecule has 1 unspecified atom stereocenters. The fraction of sp³-hybridized carbons (Fsp3) is 0.571. The zero-order chi connectivity index (χ0) is 16.8. The molecule has 2 aliphatic rings. The first kappa shape index (κ1) is 17.1. The Balaban J connectivity index is 1.60. The molecule has 24 heavy (non-hydrogen) atoms. The Kier molecular flexibility index (Phi) is 5.95. The lowest BCUT2D eigenvalue weighted by atomic mass is 9.89. The highest BCUT2D eigenvalue weighted by atomic mass is 16.2. The van der Waals surface area contributed by atoms with Crippen molar-refractivity contribution in [3.8, 4) is 0 Å². The van der Waals surface area contributed by atoms with Crippen molar-refractivity contribution in [1.82, 2.24) is 10.6 Å². The molecule has 0 saturated heterocycles. The Morgan fingerprint density at radius 2 is 1.75 bits per heavy atom. The second kappa shape index (κ2) is 8.36. The quantitative estimate of drug-likeness (QED) is 0.788. The van der Waals surface area contributed by atoms with Crippen molar-refractivity contribution < 1.29 is 4.79 Å². The van der Waals surface area contributed by atoms with Crippen LogP contribution in [-0.4, -0.2) is 6.03 Å². The molecule has 0 radical (unpaired) electrons. The van der Waals surface area contributed by atoms with E-state index in [1.54, 1.807) is 0 Å². The van der Waals surface area contributed by atoms with Gasteiger partial charge in [-0.05, 0) is 74.5 Å². The minimum atomic E-state index is -0.0855.